The van der Waals surface area contributed by atoms with E-state index in [2.05, 4.69) is 5.32 Å². The number of rotatable bonds is 6. The van der Waals surface area contributed by atoms with Crippen molar-refractivity contribution in [1.82, 2.24) is 10.2 Å². The van der Waals surface area contributed by atoms with Gasteiger partial charge in [0.15, 0.2) is 0 Å². The Morgan fingerprint density at radius 3 is 2.62 bits per heavy atom. The van der Waals surface area contributed by atoms with Gasteiger partial charge in [0.05, 0.1) is 12.7 Å². The third kappa shape index (κ3) is 4.90. The lowest BCUT2D eigenvalue weighted by molar-refractivity contribution is -0.104. The van der Waals surface area contributed by atoms with Crippen LogP contribution in [0.1, 0.15) is 13.8 Å². The number of hydrogen-bond donors (Lipinski definition) is 2. The number of urea groups is 1. The molecular weight excluding hydrogens is 212 g/mol. The maximum Gasteiger partial charge on any atom is 0.323 e. The smallest absolute Gasteiger partial charge is 0.323 e. The molecule has 0 aromatic rings. The molecule has 0 saturated heterocycles. The summed E-state index contributed by atoms with van der Waals surface area (Å²) in [5.41, 5.74) is 0. The lowest BCUT2D eigenvalue weighted by Gasteiger charge is -2.27. The lowest BCUT2D eigenvalue weighted by Crippen LogP contribution is -2.43. The fourth-order valence-corrected chi connectivity index (χ4v) is 1.06. The summed E-state index contributed by atoms with van der Waals surface area (Å²) in [5, 5.41) is 11.2. The van der Waals surface area contributed by atoms with E-state index in [0.717, 1.165) is 0 Å². The summed E-state index contributed by atoms with van der Waals surface area (Å²) in [4.78, 5) is 22.9. The minimum atomic E-state index is -0.571. The fourth-order valence-electron chi connectivity index (χ4n) is 1.06. The molecule has 0 aliphatic rings. The van der Waals surface area contributed by atoms with E-state index in [4.69, 9.17) is 9.84 Å². The molecule has 0 fully saturated rings. The van der Waals surface area contributed by atoms with E-state index in [9.17, 15) is 9.59 Å². The summed E-state index contributed by atoms with van der Waals surface area (Å²) in [7, 11) is 1.48. The number of nitrogens with zero attached hydrogens (tertiary/aromatic N) is 1. The van der Waals surface area contributed by atoms with Gasteiger partial charge in [0.25, 0.3) is 0 Å². The average molecular weight is 230 g/mol. The molecule has 16 heavy (non-hydrogen) atoms. The molecule has 0 aliphatic heterocycles. The average Bonchev–Trinajstić information content (AvgIpc) is 2.28. The number of aliphatic hydroxyl groups is 1. The number of nitrogens with one attached hydrogen (secondary N) is 1. The zero-order valence-electron chi connectivity index (χ0n) is 9.71. The first kappa shape index (κ1) is 14.6. The number of ether oxygens (including phenoxy) is 1. The van der Waals surface area contributed by atoms with E-state index in [1.807, 2.05) is 0 Å². The SMILES string of the molecule is CNC(=O)N(/C=C\C=O)C(C)OC(C)CO. The highest BCUT2D eigenvalue weighted by molar-refractivity contribution is 5.76. The molecule has 0 aliphatic carbocycles. The van der Waals surface area contributed by atoms with Crippen LogP contribution in [-0.2, 0) is 9.53 Å². The van der Waals surface area contributed by atoms with Gasteiger partial charge in [-0.1, -0.05) is 0 Å². The Kier molecular flexibility index (Phi) is 7.15. The van der Waals surface area contributed by atoms with E-state index < -0.39 is 12.3 Å². The quantitative estimate of drug-likeness (QED) is 0.385. The number of carbonyl (C=O) groups excluding carboxylic acids is 2. The van der Waals surface area contributed by atoms with Gasteiger partial charge in [0, 0.05) is 13.2 Å². The van der Waals surface area contributed by atoms with Crippen LogP contribution < -0.4 is 5.32 Å². The molecule has 0 aromatic heterocycles. The Labute approximate surface area is 94.9 Å². The molecule has 2 N–H and O–H groups in total. The largest absolute Gasteiger partial charge is 0.394 e. The molecule has 6 nitrogen and oxygen atoms in total. The first-order valence-corrected chi connectivity index (χ1v) is 4.95. The van der Waals surface area contributed by atoms with Crippen molar-refractivity contribution in [2.75, 3.05) is 13.7 Å². The van der Waals surface area contributed by atoms with Gasteiger partial charge in [-0.25, -0.2) is 4.79 Å². The molecule has 0 heterocycles. The van der Waals surface area contributed by atoms with Crippen molar-refractivity contribution in [1.29, 1.82) is 0 Å². The second-order valence-electron chi connectivity index (χ2n) is 3.17. The molecular formula is C10H18N2O4. The molecule has 2 unspecified atom stereocenters. The highest BCUT2D eigenvalue weighted by Gasteiger charge is 2.18. The second-order valence-corrected chi connectivity index (χ2v) is 3.17. The minimum Gasteiger partial charge on any atom is -0.394 e. The van der Waals surface area contributed by atoms with Crippen molar-refractivity contribution in [2.24, 2.45) is 0 Å². The molecule has 0 saturated carbocycles. The van der Waals surface area contributed by atoms with E-state index in [1.54, 1.807) is 13.8 Å². The third-order valence-electron chi connectivity index (χ3n) is 1.85. The third-order valence-corrected chi connectivity index (χ3v) is 1.85. The molecule has 92 valence electrons. The second kappa shape index (κ2) is 7.84. The lowest BCUT2D eigenvalue weighted by atomic mass is 10.4. The van der Waals surface area contributed by atoms with Gasteiger partial charge in [-0.3, -0.25) is 9.69 Å². The maximum atomic E-state index is 11.4. The maximum absolute atomic E-state index is 11.4. The van der Waals surface area contributed by atoms with Gasteiger partial charge in [-0.05, 0) is 19.9 Å². The van der Waals surface area contributed by atoms with Crippen molar-refractivity contribution in [3.63, 3.8) is 0 Å². The van der Waals surface area contributed by atoms with Crippen LogP contribution in [0, 0.1) is 0 Å². The Balaban J connectivity index is 4.55. The van der Waals surface area contributed by atoms with Crippen molar-refractivity contribution in [3.05, 3.63) is 12.3 Å². The number of allylic oxidation sites excluding steroid dienone is 1. The van der Waals surface area contributed by atoms with Gasteiger partial charge in [-0.15, -0.1) is 0 Å². The predicted octanol–water partition coefficient (Wildman–Crippen LogP) is 0.0838. The van der Waals surface area contributed by atoms with E-state index in [1.165, 1.54) is 24.2 Å². The van der Waals surface area contributed by atoms with Crippen molar-refractivity contribution in [2.45, 2.75) is 26.2 Å². The van der Waals surface area contributed by atoms with Crippen LogP contribution in [0.5, 0.6) is 0 Å². The summed E-state index contributed by atoms with van der Waals surface area (Å²) >= 11 is 0. The molecule has 0 spiro atoms. The summed E-state index contributed by atoms with van der Waals surface area (Å²) in [5.74, 6) is 0. The topological polar surface area (TPSA) is 78.9 Å². The zero-order valence-corrected chi connectivity index (χ0v) is 9.71. The number of carbonyl (C=O) groups is 2. The standard InChI is InChI=1S/C10H18N2O4/c1-8(7-14)16-9(2)12(5-4-6-13)10(15)11-3/h4-6,8-9,14H,7H2,1-3H3,(H,11,15)/b5-4-. The van der Waals surface area contributed by atoms with Crippen LogP contribution in [0.3, 0.4) is 0 Å². The summed E-state index contributed by atoms with van der Waals surface area (Å²) in [6, 6.07) is -0.393. The van der Waals surface area contributed by atoms with Crippen LogP contribution in [0.2, 0.25) is 0 Å². The van der Waals surface area contributed by atoms with Crippen LogP contribution in [0.25, 0.3) is 0 Å². The molecule has 6 heteroatoms. The molecule has 2 atom stereocenters. The van der Waals surface area contributed by atoms with Gasteiger partial charge in [-0.2, -0.15) is 0 Å². The van der Waals surface area contributed by atoms with Gasteiger partial charge >= 0.3 is 6.03 Å². The Morgan fingerprint density at radius 1 is 1.56 bits per heavy atom. The van der Waals surface area contributed by atoms with Crippen LogP contribution in [0.4, 0.5) is 4.79 Å². The predicted molar refractivity (Wildman–Crippen MR) is 58.6 cm³/mol. The summed E-state index contributed by atoms with van der Waals surface area (Å²) < 4.78 is 5.33. The molecule has 0 rings (SSSR count). The molecule has 0 aromatic carbocycles. The van der Waals surface area contributed by atoms with Crippen LogP contribution in [0.15, 0.2) is 12.3 Å². The molecule has 2 amide bonds. The highest BCUT2D eigenvalue weighted by Crippen LogP contribution is 2.05. The van der Waals surface area contributed by atoms with E-state index in [-0.39, 0.29) is 12.7 Å². The first-order chi connectivity index (χ1) is 7.56. The summed E-state index contributed by atoms with van der Waals surface area (Å²) in [6.45, 7) is 3.20. The molecule has 0 bridgehead atoms. The van der Waals surface area contributed by atoms with E-state index >= 15 is 0 Å². The number of amides is 2. The van der Waals surface area contributed by atoms with Crippen molar-refractivity contribution >= 4 is 12.3 Å². The van der Waals surface area contributed by atoms with Gasteiger partial charge in [0.2, 0.25) is 0 Å². The normalized spacial score (nSPS) is 14.5. The summed E-state index contributed by atoms with van der Waals surface area (Å²) in [6.07, 6.45) is 2.13. The number of hydrogen-bond acceptors (Lipinski definition) is 4. The van der Waals surface area contributed by atoms with Gasteiger partial charge < -0.3 is 15.2 Å². The first-order valence-electron chi connectivity index (χ1n) is 4.95. The molecule has 0 radical (unpaired) electrons. The number of aliphatic hydroxyl groups excluding tert-OH is 1. The number of aldehydes is 1. The van der Waals surface area contributed by atoms with Crippen molar-refractivity contribution in [3.8, 4) is 0 Å². The van der Waals surface area contributed by atoms with E-state index in [0.29, 0.717) is 6.29 Å². The highest BCUT2D eigenvalue weighted by atomic mass is 16.5. The van der Waals surface area contributed by atoms with Crippen LogP contribution in [-0.4, -0.2) is 48.3 Å². The Hall–Kier alpha value is -1.40. The monoisotopic (exact) mass is 230 g/mol. The minimum absolute atomic E-state index is 0.136. The Morgan fingerprint density at radius 2 is 2.19 bits per heavy atom. The zero-order chi connectivity index (χ0) is 12.6. The van der Waals surface area contributed by atoms with Crippen molar-refractivity contribution < 1.29 is 19.4 Å². The Bertz CT molecular complexity index is 255. The van der Waals surface area contributed by atoms with Crippen LogP contribution >= 0.6 is 0 Å². The van der Waals surface area contributed by atoms with Gasteiger partial charge in [0.1, 0.15) is 12.5 Å². The fraction of sp³-hybridized carbons (Fsp3) is 0.600.